The lowest BCUT2D eigenvalue weighted by Crippen LogP contribution is -1.85. The summed E-state index contributed by atoms with van der Waals surface area (Å²) < 4.78 is 13.4. The summed E-state index contributed by atoms with van der Waals surface area (Å²) in [6, 6.07) is 5.33. The van der Waals surface area contributed by atoms with Gasteiger partial charge in [-0.2, -0.15) is 0 Å². The van der Waals surface area contributed by atoms with Crippen LogP contribution in [0, 0.1) is 12.7 Å². The van der Waals surface area contributed by atoms with E-state index in [9.17, 15) is 4.39 Å². The molecule has 0 bridgehead atoms. The molecule has 0 aliphatic heterocycles. The van der Waals surface area contributed by atoms with E-state index in [1.165, 1.54) is 0 Å². The Balaban J connectivity index is 2.89. The molecule has 0 heterocycles. The Morgan fingerprint density at radius 2 is 2.06 bits per heavy atom. The van der Waals surface area contributed by atoms with Crippen LogP contribution >= 0.6 is 11.8 Å². The highest BCUT2D eigenvalue weighted by Gasteiger charge is 2.01. The first-order valence-electron chi connectivity index (χ1n) is 5.52. The summed E-state index contributed by atoms with van der Waals surface area (Å²) in [5, 5.41) is 2.02. The van der Waals surface area contributed by atoms with E-state index in [-0.39, 0.29) is 5.82 Å². The fourth-order valence-electron chi connectivity index (χ4n) is 1.32. The monoisotopic (exact) mass is 248 g/mol. The van der Waals surface area contributed by atoms with Crippen LogP contribution in [-0.4, -0.2) is 0 Å². The largest absolute Gasteiger partial charge is 0.207 e. The Hall–Kier alpha value is -1.24. The summed E-state index contributed by atoms with van der Waals surface area (Å²) in [6.45, 7) is 7.70. The van der Waals surface area contributed by atoms with E-state index in [1.54, 1.807) is 30.8 Å². The average molecular weight is 248 g/mol. The predicted molar refractivity (Wildman–Crippen MR) is 75.3 cm³/mol. The molecule has 0 radical (unpaired) electrons. The van der Waals surface area contributed by atoms with Crippen molar-refractivity contribution in [1.82, 2.24) is 0 Å². The van der Waals surface area contributed by atoms with Gasteiger partial charge in [0.1, 0.15) is 5.82 Å². The minimum absolute atomic E-state index is 0.152. The summed E-state index contributed by atoms with van der Waals surface area (Å²) in [4.78, 5) is 1.10. The molecule has 1 aromatic carbocycles. The van der Waals surface area contributed by atoms with Gasteiger partial charge in [0.25, 0.3) is 0 Å². The summed E-state index contributed by atoms with van der Waals surface area (Å²) >= 11 is 1.60. The van der Waals surface area contributed by atoms with Crippen molar-refractivity contribution >= 4 is 17.3 Å². The van der Waals surface area contributed by atoms with Crippen molar-refractivity contribution in [2.45, 2.75) is 27.7 Å². The van der Waals surface area contributed by atoms with Crippen LogP contribution < -0.4 is 0 Å². The third-order valence-corrected chi connectivity index (χ3v) is 3.33. The maximum absolute atomic E-state index is 13.4. The molecule has 0 aromatic heterocycles. The Kier molecular flexibility index (Phi) is 5.27. The Morgan fingerprint density at radius 1 is 1.35 bits per heavy atom. The maximum atomic E-state index is 13.4. The number of allylic oxidation sites excluding steroid dienone is 2. The molecule has 90 valence electrons. The molecule has 0 aliphatic rings. The van der Waals surface area contributed by atoms with Crippen molar-refractivity contribution in [1.29, 1.82) is 0 Å². The van der Waals surface area contributed by atoms with Crippen LogP contribution in [0.5, 0.6) is 0 Å². The number of rotatable bonds is 3. The predicted octanol–water partition coefficient (Wildman–Crippen LogP) is 5.31. The van der Waals surface area contributed by atoms with Crippen molar-refractivity contribution < 1.29 is 4.39 Å². The Morgan fingerprint density at radius 3 is 2.65 bits per heavy atom. The molecular formula is C15H17FS. The smallest absolute Gasteiger partial charge is 0.126 e. The Bertz CT molecular complexity index is 492. The van der Waals surface area contributed by atoms with E-state index in [1.807, 2.05) is 38.3 Å². The van der Waals surface area contributed by atoms with Gasteiger partial charge in [-0.05, 0) is 61.9 Å². The van der Waals surface area contributed by atoms with E-state index in [0.29, 0.717) is 5.56 Å². The zero-order valence-electron chi connectivity index (χ0n) is 10.7. The van der Waals surface area contributed by atoms with Crippen LogP contribution in [0.4, 0.5) is 4.39 Å². The number of halogens is 1. The summed E-state index contributed by atoms with van der Waals surface area (Å²) in [6.07, 6.45) is 1.89. The van der Waals surface area contributed by atoms with Crippen LogP contribution in [0.2, 0.25) is 0 Å². The van der Waals surface area contributed by atoms with E-state index in [0.717, 1.165) is 16.0 Å². The zero-order chi connectivity index (χ0) is 12.8. The molecule has 1 rings (SSSR count). The van der Waals surface area contributed by atoms with E-state index >= 15 is 0 Å². The number of benzene rings is 1. The summed E-state index contributed by atoms with van der Waals surface area (Å²) in [5.41, 5.74) is 5.77. The number of aryl methyl sites for hydroxylation is 1. The van der Waals surface area contributed by atoms with Gasteiger partial charge in [-0.3, -0.25) is 0 Å². The summed E-state index contributed by atoms with van der Waals surface area (Å²) in [5.74, 6) is -0.152. The molecule has 0 atom stereocenters. The molecule has 1 aromatic rings. The lowest BCUT2D eigenvalue weighted by Gasteiger charge is -2.03. The van der Waals surface area contributed by atoms with Gasteiger partial charge in [0, 0.05) is 4.91 Å². The van der Waals surface area contributed by atoms with Gasteiger partial charge < -0.3 is 0 Å². The number of hydrogen-bond acceptors (Lipinski definition) is 1. The SMILES string of the molecule is CC=C=C(C)SC=C(C)c1ccc(C)c(F)c1. The molecule has 2 heteroatoms. The normalized spacial score (nSPS) is 11.0. The second-order valence-corrected chi connectivity index (χ2v) is 4.96. The topological polar surface area (TPSA) is 0 Å². The maximum Gasteiger partial charge on any atom is 0.126 e. The molecule has 0 saturated heterocycles. The molecule has 0 nitrogen and oxygen atoms in total. The van der Waals surface area contributed by atoms with Crippen LogP contribution in [0.1, 0.15) is 31.9 Å². The molecule has 17 heavy (non-hydrogen) atoms. The number of thioether (sulfide) groups is 1. The molecule has 0 N–H and O–H groups in total. The lowest BCUT2D eigenvalue weighted by molar-refractivity contribution is 0.618. The molecule has 0 spiro atoms. The molecule has 0 amide bonds. The average Bonchev–Trinajstić information content (AvgIpc) is 2.30. The van der Waals surface area contributed by atoms with Crippen molar-refractivity contribution in [3.8, 4) is 0 Å². The van der Waals surface area contributed by atoms with Gasteiger partial charge in [0.05, 0.1) is 0 Å². The van der Waals surface area contributed by atoms with Gasteiger partial charge in [-0.1, -0.05) is 23.9 Å². The molecular weight excluding hydrogens is 231 g/mol. The van der Waals surface area contributed by atoms with Crippen molar-refractivity contribution in [2.75, 3.05) is 0 Å². The van der Waals surface area contributed by atoms with Gasteiger partial charge in [-0.25, -0.2) is 4.39 Å². The van der Waals surface area contributed by atoms with Crippen LogP contribution in [0.3, 0.4) is 0 Å². The third kappa shape index (κ3) is 4.26. The van der Waals surface area contributed by atoms with Gasteiger partial charge >= 0.3 is 0 Å². The second-order valence-electron chi connectivity index (χ2n) is 3.87. The highest BCUT2D eigenvalue weighted by atomic mass is 32.2. The van der Waals surface area contributed by atoms with Gasteiger partial charge in [0.15, 0.2) is 0 Å². The second kappa shape index (κ2) is 6.48. The van der Waals surface area contributed by atoms with E-state index in [2.05, 4.69) is 5.73 Å². The number of hydrogen-bond donors (Lipinski definition) is 0. The first-order chi connectivity index (χ1) is 8.04. The molecule has 0 aliphatic carbocycles. The van der Waals surface area contributed by atoms with Crippen molar-refractivity contribution in [3.05, 3.63) is 57.3 Å². The van der Waals surface area contributed by atoms with E-state index < -0.39 is 0 Å². The molecule has 0 unspecified atom stereocenters. The third-order valence-electron chi connectivity index (χ3n) is 2.39. The molecule has 0 fully saturated rings. The Labute approximate surface area is 107 Å². The highest BCUT2D eigenvalue weighted by Crippen LogP contribution is 2.23. The first kappa shape index (κ1) is 13.8. The minimum Gasteiger partial charge on any atom is -0.207 e. The van der Waals surface area contributed by atoms with Crippen LogP contribution in [0.15, 0.2) is 40.3 Å². The summed E-state index contributed by atoms with van der Waals surface area (Å²) in [7, 11) is 0. The van der Waals surface area contributed by atoms with Gasteiger partial charge in [0.2, 0.25) is 0 Å². The lowest BCUT2D eigenvalue weighted by atomic mass is 10.1. The van der Waals surface area contributed by atoms with Crippen LogP contribution in [-0.2, 0) is 0 Å². The van der Waals surface area contributed by atoms with Crippen LogP contribution in [0.25, 0.3) is 5.57 Å². The minimum atomic E-state index is -0.152. The quantitative estimate of drug-likeness (QED) is 0.653. The fraction of sp³-hybridized carbons (Fsp3) is 0.267. The standard InChI is InChI=1S/C15H17FS/c1-5-6-13(4)17-10-12(3)14-8-7-11(2)15(16)9-14/h5,7-10H,1-4H3. The van der Waals surface area contributed by atoms with E-state index in [4.69, 9.17) is 0 Å². The fourth-order valence-corrected chi connectivity index (χ4v) is 2.00. The van der Waals surface area contributed by atoms with Crippen molar-refractivity contribution in [3.63, 3.8) is 0 Å². The molecule has 0 saturated carbocycles. The first-order valence-corrected chi connectivity index (χ1v) is 6.40. The van der Waals surface area contributed by atoms with Crippen molar-refractivity contribution in [2.24, 2.45) is 0 Å². The highest BCUT2D eigenvalue weighted by molar-refractivity contribution is 8.05. The van der Waals surface area contributed by atoms with Gasteiger partial charge in [-0.15, -0.1) is 5.73 Å². The zero-order valence-corrected chi connectivity index (χ0v) is 11.5.